The largest absolute Gasteiger partial charge is 0.481 e. The second kappa shape index (κ2) is 8.39. The van der Waals surface area contributed by atoms with Crippen LogP contribution in [-0.2, 0) is 9.59 Å². The van der Waals surface area contributed by atoms with Gasteiger partial charge in [-0.15, -0.1) is 0 Å². The van der Waals surface area contributed by atoms with Gasteiger partial charge in [-0.25, -0.2) is 0 Å². The second-order valence-corrected chi connectivity index (χ2v) is 5.78. The van der Waals surface area contributed by atoms with Gasteiger partial charge in [0.2, 0.25) is 0 Å². The lowest BCUT2D eigenvalue weighted by atomic mass is 9.95. The summed E-state index contributed by atoms with van der Waals surface area (Å²) in [5, 5.41) is 11.7. The molecule has 1 aromatic rings. The van der Waals surface area contributed by atoms with E-state index in [1.807, 2.05) is 30.3 Å². The molecule has 0 bridgehead atoms. The first-order valence-electron chi connectivity index (χ1n) is 7.61. The van der Waals surface area contributed by atoms with E-state index in [2.05, 4.69) is 5.32 Å². The van der Waals surface area contributed by atoms with Crippen molar-refractivity contribution in [3.05, 3.63) is 53.7 Å². The number of unbranched alkanes of at least 4 members (excludes halogenated alkanes) is 2. The van der Waals surface area contributed by atoms with Gasteiger partial charge in [-0.2, -0.15) is 0 Å². The third-order valence-electron chi connectivity index (χ3n) is 3.55. The number of rotatable bonds is 8. The van der Waals surface area contributed by atoms with Crippen LogP contribution in [0.15, 0.2) is 48.2 Å². The Hall–Kier alpha value is -2.27. The number of hydrogen-bond donors (Lipinski definition) is 2. The molecule has 0 spiro atoms. The molecule has 2 rings (SSSR count). The number of thiocarbonyl (C=S) groups is 1. The van der Waals surface area contributed by atoms with Crippen LogP contribution >= 0.6 is 12.2 Å². The maximum Gasteiger partial charge on any atom is 0.303 e. The summed E-state index contributed by atoms with van der Waals surface area (Å²) in [6, 6.07) is 9.47. The van der Waals surface area contributed by atoms with Crippen LogP contribution in [0.25, 0.3) is 5.57 Å². The Bertz CT molecular complexity index is 662. The van der Waals surface area contributed by atoms with E-state index in [9.17, 15) is 9.59 Å². The topological polar surface area (TPSA) is 66.4 Å². The monoisotopic (exact) mass is 329 g/mol. The van der Waals surface area contributed by atoms with Gasteiger partial charge in [0.15, 0.2) is 5.78 Å². The number of aliphatic carboxylic acids is 1. The van der Waals surface area contributed by atoms with Gasteiger partial charge < -0.3 is 10.4 Å². The van der Waals surface area contributed by atoms with E-state index < -0.39 is 5.97 Å². The first kappa shape index (κ1) is 17.1. The second-order valence-electron chi connectivity index (χ2n) is 5.34. The average Bonchev–Trinajstić information content (AvgIpc) is 2.54. The minimum atomic E-state index is -0.765. The van der Waals surface area contributed by atoms with E-state index >= 15 is 0 Å². The molecule has 0 radical (unpaired) electrons. The van der Waals surface area contributed by atoms with Gasteiger partial charge in [0.25, 0.3) is 0 Å². The zero-order valence-electron chi connectivity index (χ0n) is 12.7. The highest BCUT2D eigenvalue weighted by Gasteiger charge is 2.18. The molecule has 0 saturated carbocycles. The Labute approximate surface area is 140 Å². The third kappa shape index (κ3) is 5.14. The summed E-state index contributed by atoms with van der Waals surface area (Å²) < 4.78 is 0. The van der Waals surface area contributed by atoms with Gasteiger partial charge in [0.05, 0.1) is 10.6 Å². The fourth-order valence-corrected chi connectivity index (χ4v) is 2.59. The molecule has 0 heterocycles. The molecule has 1 aromatic carbocycles. The van der Waals surface area contributed by atoms with Gasteiger partial charge in [-0.05, 0) is 24.5 Å². The molecule has 0 unspecified atom stereocenters. The van der Waals surface area contributed by atoms with Gasteiger partial charge in [-0.1, -0.05) is 49.0 Å². The smallest absolute Gasteiger partial charge is 0.303 e. The average molecular weight is 329 g/mol. The molecular formula is C18H19NO3S. The maximum atomic E-state index is 12.3. The first-order valence-corrected chi connectivity index (χ1v) is 8.02. The minimum Gasteiger partial charge on any atom is -0.481 e. The van der Waals surface area contributed by atoms with E-state index in [-0.39, 0.29) is 12.2 Å². The molecule has 0 amide bonds. The predicted molar refractivity (Wildman–Crippen MR) is 94.2 cm³/mol. The summed E-state index contributed by atoms with van der Waals surface area (Å²) in [7, 11) is 0. The van der Waals surface area contributed by atoms with Gasteiger partial charge in [-0.3, -0.25) is 9.59 Å². The van der Waals surface area contributed by atoms with E-state index in [1.165, 1.54) is 0 Å². The van der Waals surface area contributed by atoms with E-state index in [0.717, 1.165) is 18.4 Å². The summed E-state index contributed by atoms with van der Waals surface area (Å²) in [5.74, 6) is -0.823. The van der Waals surface area contributed by atoms with E-state index in [4.69, 9.17) is 17.3 Å². The van der Waals surface area contributed by atoms with Crippen LogP contribution in [0.4, 0.5) is 0 Å². The molecule has 0 aliphatic heterocycles. The summed E-state index contributed by atoms with van der Waals surface area (Å²) >= 11 is 5.36. The van der Waals surface area contributed by atoms with Crippen molar-refractivity contribution < 1.29 is 14.7 Å². The van der Waals surface area contributed by atoms with E-state index in [1.54, 1.807) is 12.2 Å². The highest BCUT2D eigenvalue weighted by atomic mass is 32.1. The highest BCUT2D eigenvalue weighted by Crippen LogP contribution is 2.21. The normalized spacial score (nSPS) is 14.3. The molecule has 0 atom stereocenters. The standard InChI is InChI=1S/C18H19NO3S/c20-16-12-15(19-10-6-2-5-9-18(21)22)17(23)11-14(16)13-7-3-1-4-8-13/h1,3-4,7-8,11-12,19H,2,5-6,9-10H2,(H,21,22). The summed E-state index contributed by atoms with van der Waals surface area (Å²) in [6.45, 7) is 0.674. The highest BCUT2D eigenvalue weighted by molar-refractivity contribution is 7.81. The number of ketones is 1. The lowest BCUT2D eigenvalue weighted by Gasteiger charge is -2.16. The van der Waals surface area contributed by atoms with Crippen molar-refractivity contribution in [1.82, 2.24) is 5.32 Å². The Morgan fingerprint density at radius 3 is 2.52 bits per heavy atom. The quantitative estimate of drug-likeness (QED) is 0.566. The van der Waals surface area contributed by atoms with Gasteiger partial charge in [0, 0.05) is 24.6 Å². The van der Waals surface area contributed by atoms with Crippen LogP contribution < -0.4 is 5.32 Å². The van der Waals surface area contributed by atoms with Gasteiger partial charge in [0.1, 0.15) is 0 Å². The molecule has 0 aromatic heterocycles. The zero-order chi connectivity index (χ0) is 16.7. The number of benzene rings is 1. The number of hydrogen-bond acceptors (Lipinski definition) is 4. The van der Waals surface area contributed by atoms with Crippen LogP contribution in [0, 0.1) is 0 Å². The number of carboxylic acid groups (broad SMARTS) is 1. The Balaban J connectivity index is 1.86. The summed E-state index contributed by atoms with van der Waals surface area (Å²) in [5.41, 5.74) is 2.15. The Kier molecular flexibility index (Phi) is 6.23. The molecule has 2 N–H and O–H groups in total. The summed E-state index contributed by atoms with van der Waals surface area (Å²) in [6.07, 6.45) is 5.82. The zero-order valence-corrected chi connectivity index (χ0v) is 13.6. The number of carboxylic acids is 1. The van der Waals surface area contributed by atoms with Crippen molar-refractivity contribution in [2.75, 3.05) is 6.54 Å². The van der Waals surface area contributed by atoms with Crippen LogP contribution in [0.3, 0.4) is 0 Å². The maximum absolute atomic E-state index is 12.3. The molecule has 23 heavy (non-hydrogen) atoms. The SMILES string of the molecule is O=C(O)CCCCCNC1=CC(=O)C(c2ccccc2)=CC1=S. The van der Waals surface area contributed by atoms with E-state index in [0.29, 0.717) is 29.1 Å². The van der Waals surface area contributed by atoms with Crippen LogP contribution in [0.5, 0.6) is 0 Å². The first-order chi connectivity index (χ1) is 11.1. The number of nitrogens with one attached hydrogen (secondary N) is 1. The number of carbonyl (C=O) groups is 2. The lowest BCUT2D eigenvalue weighted by Crippen LogP contribution is -2.24. The molecule has 0 fully saturated rings. The molecule has 5 heteroatoms. The van der Waals surface area contributed by atoms with Crippen molar-refractivity contribution in [3.8, 4) is 0 Å². The van der Waals surface area contributed by atoms with Crippen LogP contribution in [0.2, 0.25) is 0 Å². The molecular weight excluding hydrogens is 310 g/mol. The summed E-state index contributed by atoms with van der Waals surface area (Å²) in [4.78, 5) is 23.3. The lowest BCUT2D eigenvalue weighted by molar-refractivity contribution is -0.137. The molecule has 4 nitrogen and oxygen atoms in total. The molecule has 1 aliphatic rings. The number of allylic oxidation sites excluding steroid dienone is 3. The van der Waals surface area contributed by atoms with Crippen LogP contribution in [0.1, 0.15) is 31.2 Å². The van der Waals surface area contributed by atoms with Crippen LogP contribution in [-0.4, -0.2) is 28.3 Å². The molecule has 1 aliphatic carbocycles. The Morgan fingerprint density at radius 1 is 1.09 bits per heavy atom. The Morgan fingerprint density at radius 2 is 1.83 bits per heavy atom. The third-order valence-corrected chi connectivity index (χ3v) is 3.89. The van der Waals surface area contributed by atoms with Crippen molar-refractivity contribution in [2.24, 2.45) is 0 Å². The van der Waals surface area contributed by atoms with Crippen molar-refractivity contribution in [1.29, 1.82) is 0 Å². The molecule has 0 saturated heterocycles. The van der Waals surface area contributed by atoms with Crippen molar-refractivity contribution in [3.63, 3.8) is 0 Å². The van der Waals surface area contributed by atoms with Gasteiger partial charge >= 0.3 is 5.97 Å². The number of carbonyl (C=O) groups excluding carboxylic acids is 1. The van der Waals surface area contributed by atoms with Crippen molar-refractivity contribution >= 4 is 34.4 Å². The molecule has 120 valence electrons. The van der Waals surface area contributed by atoms with Crippen molar-refractivity contribution in [2.45, 2.75) is 25.7 Å². The predicted octanol–water partition coefficient (Wildman–Crippen LogP) is 3.14. The fourth-order valence-electron chi connectivity index (χ4n) is 2.34. The fraction of sp³-hybridized carbons (Fsp3) is 0.278. The minimum absolute atomic E-state index is 0.0572.